The van der Waals surface area contributed by atoms with Crippen molar-refractivity contribution >= 4 is 34.7 Å². The number of phenolic OH excluding ortho intramolecular Hbond substituents is 1. The summed E-state index contributed by atoms with van der Waals surface area (Å²) in [6.45, 7) is 0. The summed E-state index contributed by atoms with van der Waals surface area (Å²) in [7, 11) is 0. The van der Waals surface area contributed by atoms with Crippen LogP contribution in [0.1, 0.15) is 15.9 Å². The van der Waals surface area contributed by atoms with Gasteiger partial charge in [0.05, 0.1) is 11.8 Å². The first-order valence-electron chi connectivity index (χ1n) is 7.36. The van der Waals surface area contributed by atoms with Gasteiger partial charge in [-0.15, -0.1) is 11.8 Å². The number of hydrogen-bond acceptors (Lipinski definition) is 4. The maximum atomic E-state index is 12.2. The molecule has 0 atom stereocenters. The van der Waals surface area contributed by atoms with Crippen molar-refractivity contribution < 1.29 is 9.90 Å². The van der Waals surface area contributed by atoms with Crippen molar-refractivity contribution in [2.45, 2.75) is 4.90 Å². The van der Waals surface area contributed by atoms with Gasteiger partial charge in [-0.1, -0.05) is 36.4 Å². The van der Waals surface area contributed by atoms with E-state index < -0.39 is 5.91 Å². The fraction of sp³-hybridized carbons (Fsp3) is 0.0526. The maximum Gasteiger partial charge on any atom is 0.275 e. The van der Waals surface area contributed by atoms with Crippen LogP contribution in [0.4, 0.5) is 0 Å². The van der Waals surface area contributed by atoms with Crippen LogP contribution in [0.5, 0.6) is 5.75 Å². The number of benzene rings is 3. The Balaban J connectivity index is 1.74. The summed E-state index contributed by atoms with van der Waals surface area (Å²) < 4.78 is 0. The molecule has 3 rings (SSSR count). The van der Waals surface area contributed by atoms with Crippen molar-refractivity contribution in [3.63, 3.8) is 0 Å². The van der Waals surface area contributed by atoms with Gasteiger partial charge in [0.15, 0.2) is 0 Å². The number of nitrogens with one attached hydrogen (secondary N) is 1. The minimum absolute atomic E-state index is 0.0641. The van der Waals surface area contributed by atoms with Crippen molar-refractivity contribution in [1.29, 1.82) is 0 Å². The van der Waals surface area contributed by atoms with Crippen LogP contribution in [0.15, 0.2) is 70.7 Å². The molecule has 0 aliphatic carbocycles. The highest BCUT2D eigenvalue weighted by Crippen LogP contribution is 2.24. The third-order valence-corrected chi connectivity index (χ3v) is 4.35. The van der Waals surface area contributed by atoms with Crippen LogP contribution in [0.2, 0.25) is 0 Å². The molecule has 0 heterocycles. The van der Waals surface area contributed by atoms with E-state index in [1.807, 2.05) is 54.8 Å². The second-order valence-electron chi connectivity index (χ2n) is 5.19. The van der Waals surface area contributed by atoms with Gasteiger partial charge in [-0.3, -0.25) is 4.79 Å². The summed E-state index contributed by atoms with van der Waals surface area (Å²) in [5.41, 5.74) is 3.53. The van der Waals surface area contributed by atoms with Crippen LogP contribution in [0, 0.1) is 0 Å². The minimum Gasteiger partial charge on any atom is -0.507 e. The summed E-state index contributed by atoms with van der Waals surface area (Å²) in [6.07, 6.45) is 3.58. The second-order valence-corrected chi connectivity index (χ2v) is 6.07. The average Bonchev–Trinajstić information content (AvgIpc) is 2.61. The van der Waals surface area contributed by atoms with Crippen molar-refractivity contribution in [3.05, 3.63) is 71.8 Å². The Hall–Kier alpha value is -2.79. The van der Waals surface area contributed by atoms with Crippen molar-refractivity contribution in [2.24, 2.45) is 5.10 Å². The molecule has 4 nitrogen and oxygen atoms in total. The van der Waals surface area contributed by atoms with E-state index in [1.165, 1.54) is 0 Å². The molecule has 0 saturated carbocycles. The fourth-order valence-electron chi connectivity index (χ4n) is 2.33. The number of thioether (sulfide) groups is 1. The first-order valence-corrected chi connectivity index (χ1v) is 8.59. The molecule has 1 amide bonds. The Morgan fingerprint density at radius 3 is 2.42 bits per heavy atom. The molecule has 0 radical (unpaired) electrons. The van der Waals surface area contributed by atoms with Crippen molar-refractivity contribution in [2.75, 3.05) is 6.26 Å². The molecule has 0 aromatic heterocycles. The Labute approximate surface area is 144 Å². The maximum absolute atomic E-state index is 12.2. The Bertz CT molecular complexity index is 905. The fourth-order valence-corrected chi connectivity index (χ4v) is 2.73. The molecular formula is C19H16N2O2S. The van der Waals surface area contributed by atoms with Gasteiger partial charge in [0, 0.05) is 4.90 Å². The van der Waals surface area contributed by atoms with Gasteiger partial charge in [-0.05, 0) is 46.9 Å². The number of amides is 1. The molecule has 0 aliphatic heterocycles. The van der Waals surface area contributed by atoms with E-state index in [4.69, 9.17) is 0 Å². The zero-order valence-electron chi connectivity index (χ0n) is 13.1. The third-order valence-electron chi connectivity index (χ3n) is 3.60. The van der Waals surface area contributed by atoms with Crippen molar-refractivity contribution in [3.8, 4) is 5.75 Å². The number of hydrazone groups is 1. The third kappa shape index (κ3) is 3.58. The van der Waals surface area contributed by atoms with Gasteiger partial charge in [0.1, 0.15) is 5.75 Å². The summed E-state index contributed by atoms with van der Waals surface area (Å²) in [5, 5.41) is 15.8. The van der Waals surface area contributed by atoms with Crippen LogP contribution in [0.25, 0.3) is 10.8 Å². The molecule has 0 unspecified atom stereocenters. The molecule has 0 spiro atoms. The molecular weight excluding hydrogens is 320 g/mol. The first kappa shape index (κ1) is 16.1. The lowest BCUT2D eigenvalue weighted by Gasteiger charge is -2.05. The molecule has 0 fully saturated rings. The molecule has 5 heteroatoms. The summed E-state index contributed by atoms with van der Waals surface area (Å²) in [5.74, 6) is -0.513. The highest BCUT2D eigenvalue weighted by atomic mass is 32.2. The monoisotopic (exact) mass is 336 g/mol. The average molecular weight is 336 g/mol. The summed E-state index contributed by atoms with van der Waals surface area (Å²) >= 11 is 1.66. The number of aromatic hydroxyl groups is 1. The Kier molecular flexibility index (Phi) is 4.82. The van der Waals surface area contributed by atoms with Gasteiger partial charge in [0.2, 0.25) is 0 Å². The van der Waals surface area contributed by atoms with Gasteiger partial charge in [0.25, 0.3) is 5.91 Å². The number of phenols is 1. The predicted octanol–water partition coefficient (Wildman–Crippen LogP) is 4.03. The molecule has 120 valence electrons. The largest absolute Gasteiger partial charge is 0.507 e. The Morgan fingerprint density at radius 1 is 1.08 bits per heavy atom. The van der Waals surface area contributed by atoms with E-state index in [2.05, 4.69) is 10.5 Å². The molecule has 0 aliphatic rings. The van der Waals surface area contributed by atoms with Crippen LogP contribution < -0.4 is 5.43 Å². The smallest absolute Gasteiger partial charge is 0.275 e. The van der Waals surface area contributed by atoms with E-state index in [9.17, 15) is 9.90 Å². The van der Waals surface area contributed by atoms with Crippen molar-refractivity contribution in [1.82, 2.24) is 5.43 Å². The molecule has 2 N–H and O–H groups in total. The number of fused-ring (bicyclic) bond motifs is 1. The normalized spacial score (nSPS) is 11.0. The standard InChI is InChI=1S/C19H16N2O2S/c1-24-16-8-6-13(7-9-16)12-20-21-19(23)17-10-14-4-2-3-5-15(14)11-18(17)22/h2-12,22H,1H3,(H,21,23)/b20-12+. The number of carbonyl (C=O) groups excluding carboxylic acids is 1. The van der Waals surface area contributed by atoms with E-state index >= 15 is 0 Å². The van der Waals surface area contributed by atoms with Gasteiger partial charge in [-0.2, -0.15) is 5.10 Å². The number of rotatable bonds is 4. The highest BCUT2D eigenvalue weighted by Gasteiger charge is 2.11. The lowest BCUT2D eigenvalue weighted by molar-refractivity contribution is 0.0952. The van der Waals surface area contributed by atoms with Gasteiger partial charge >= 0.3 is 0 Å². The molecule has 3 aromatic carbocycles. The second kappa shape index (κ2) is 7.19. The Morgan fingerprint density at radius 2 is 1.75 bits per heavy atom. The first-order chi connectivity index (χ1) is 11.7. The summed E-state index contributed by atoms with van der Waals surface area (Å²) in [4.78, 5) is 13.4. The number of carbonyl (C=O) groups is 1. The SMILES string of the molecule is CSc1ccc(/C=N/NC(=O)c2cc3ccccc3cc2O)cc1. The van der Waals surface area contributed by atoms with Gasteiger partial charge < -0.3 is 5.11 Å². The van der Waals surface area contributed by atoms with Crippen LogP contribution >= 0.6 is 11.8 Å². The predicted molar refractivity (Wildman–Crippen MR) is 98.9 cm³/mol. The van der Waals surface area contributed by atoms with E-state index in [-0.39, 0.29) is 11.3 Å². The topological polar surface area (TPSA) is 61.7 Å². The highest BCUT2D eigenvalue weighted by molar-refractivity contribution is 7.98. The van der Waals surface area contributed by atoms with Crippen LogP contribution in [-0.4, -0.2) is 23.5 Å². The zero-order chi connectivity index (χ0) is 16.9. The summed E-state index contributed by atoms with van der Waals surface area (Å²) in [6, 6.07) is 18.6. The van der Waals surface area contributed by atoms with E-state index in [0.717, 1.165) is 21.2 Å². The molecule has 3 aromatic rings. The molecule has 0 saturated heterocycles. The van der Waals surface area contributed by atoms with Gasteiger partial charge in [-0.25, -0.2) is 5.43 Å². The lowest BCUT2D eigenvalue weighted by Crippen LogP contribution is -2.17. The number of hydrogen-bond donors (Lipinski definition) is 2. The minimum atomic E-state index is -0.449. The van der Waals surface area contributed by atoms with Crippen LogP contribution in [0.3, 0.4) is 0 Å². The lowest BCUT2D eigenvalue weighted by atomic mass is 10.1. The van der Waals surface area contributed by atoms with E-state index in [0.29, 0.717) is 0 Å². The van der Waals surface area contributed by atoms with Crippen LogP contribution in [-0.2, 0) is 0 Å². The number of nitrogens with zero attached hydrogens (tertiary/aromatic N) is 1. The molecule has 0 bridgehead atoms. The zero-order valence-corrected chi connectivity index (χ0v) is 13.9. The van der Waals surface area contributed by atoms with E-state index in [1.54, 1.807) is 30.1 Å². The molecule has 24 heavy (non-hydrogen) atoms. The quantitative estimate of drug-likeness (QED) is 0.429.